The molecule has 4 aromatic carbocycles. The maximum Gasteiger partial charge on any atom is 0.0637 e. The van der Waals surface area contributed by atoms with Gasteiger partial charge in [0.15, 0.2) is 0 Å². The third-order valence-electron chi connectivity index (χ3n) is 5.18. The number of hydrazine groups is 1. The predicted molar refractivity (Wildman–Crippen MR) is 129 cm³/mol. The minimum Gasteiger partial charge on any atom is -0.249 e. The molecule has 0 aliphatic carbocycles. The van der Waals surface area contributed by atoms with Crippen molar-refractivity contribution in [1.82, 2.24) is 0 Å². The Morgan fingerprint density at radius 3 is 1.00 bits per heavy atom. The van der Waals surface area contributed by atoms with Crippen molar-refractivity contribution in [3.8, 4) is 0 Å². The van der Waals surface area contributed by atoms with E-state index in [-0.39, 0.29) is 5.41 Å². The Morgan fingerprint density at radius 2 is 0.700 bits per heavy atom. The second kappa shape index (κ2) is 8.46. The Morgan fingerprint density at radius 1 is 0.400 bits per heavy atom. The molecular formula is C28H28N2. The van der Waals surface area contributed by atoms with Gasteiger partial charge in [-0.05, 0) is 59.5 Å². The van der Waals surface area contributed by atoms with E-state index < -0.39 is 0 Å². The molecule has 0 unspecified atom stereocenters. The highest BCUT2D eigenvalue weighted by atomic mass is 15.6. The molecule has 0 radical (unpaired) electrons. The van der Waals surface area contributed by atoms with Crippen molar-refractivity contribution in [2.45, 2.75) is 26.2 Å². The van der Waals surface area contributed by atoms with Gasteiger partial charge in [0.1, 0.15) is 0 Å². The van der Waals surface area contributed by atoms with E-state index in [4.69, 9.17) is 0 Å². The fraction of sp³-hybridized carbons (Fsp3) is 0.143. The van der Waals surface area contributed by atoms with Gasteiger partial charge in [-0.15, -0.1) is 0 Å². The first-order valence-corrected chi connectivity index (χ1v) is 10.4. The fourth-order valence-electron chi connectivity index (χ4n) is 3.57. The zero-order valence-electron chi connectivity index (χ0n) is 17.9. The number of nitrogens with zero attached hydrogens (tertiary/aromatic N) is 2. The number of anilines is 4. The van der Waals surface area contributed by atoms with E-state index in [1.807, 2.05) is 0 Å². The average molecular weight is 393 g/mol. The molecule has 0 saturated heterocycles. The lowest BCUT2D eigenvalue weighted by Gasteiger charge is -2.38. The SMILES string of the molecule is CC(C)(C)c1ccc(N(c2ccccc2)N(c2ccccc2)c2ccccc2)cc1. The molecule has 0 spiro atoms. The van der Waals surface area contributed by atoms with Crippen LogP contribution in [0.1, 0.15) is 26.3 Å². The van der Waals surface area contributed by atoms with Gasteiger partial charge in [0.2, 0.25) is 0 Å². The van der Waals surface area contributed by atoms with E-state index in [0.29, 0.717) is 0 Å². The average Bonchev–Trinajstić information content (AvgIpc) is 2.79. The van der Waals surface area contributed by atoms with Crippen LogP contribution in [0.2, 0.25) is 0 Å². The van der Waals surface area contributed by atoms with Gasteiger partial charge in [-0.3, -0.25) is 0 Å². The molecule has 0 amide bonds. The maximum absolute atomic E-state index is 2.27. The first kappa shape index (κ1) is 19.8. The third-order valence-corrected chi connectivity index (χ3v) is 5.18. The summed E-state index contributed by atoms with van der Waals surface area (Å²) in [6.07, 6.45) is 0. The molecule has 0 fully saturated rings. The Hall–Kier alpha value is -3.52. The minimum absolute atomic E-state index is 0.120. The van der Waals surface area contributed by atoms with Gasteiger partial charge < -0.3 is 0 Å². The fourth-order valence-corrected chi connectivity index (χ4v) is 3.57. The van der Waals surface area contributed by atoms with Crippen LogP contribution in [0.3, 0.4) is 0 Å². The number of benzene rings is 4. The van der Waals surface area contributed by atoms with Gasteiger partial charge in [0.25, 0.3) is 0 Å². The highest BCUT2D eigenvalue weighted by molar-refractivity contribution is 5.77. The topological polar surface area (TPSA) is 6.48 Å². The summed E-state index contributed by atoms with van der Waals surface area (Å²) in [6.45, 7) is 6.74. The summed E-state index contributed by atoms with van der Waals surface area (Å²) in [6, 6.07) is 40.4. The predicted octanol–water partition coefficient (Wildman–Crippen LogP) is 7.88. The number of rotatable bonds is 5. The van der Waals surface area contributed by atoms with Crippen molar-refractivity contribution in [3.05, 3.63) is 121 Å². The zero-order valence-corrected chi connectivity index (χ0v) is 17.9. The second-order valence-corrected chi connectivity index (χ2v) is 8.43. The summed E-state index contributed by atoms with van der Waals surface area (Å²) in [5.74, 6) is 0. The summed E-state index contributed by atoms with van der Waals surface area (Å²) in [5.41, 5.74) is 5.87. The Kier molecular flexibility index (Phi) is 5.58. The molecule has 0 heterocycles. The van der Waals surface area contributed by atoms with E-state index in [2.05, 4.69) is 146 Å². The molecule has 0 N–H and O–H groups in total. The monoisotopic (exact) mass is 392 g/mol. The molecule has 0 aliphatic heterocycles. The zero-order chi connectivity index (χ0) is 21.0. The highest BCUT2D eigenvalue weighted by Gasteiger charge is 2.22. The van der Waals surface area contributed by atoms with Crippen LogP contribution in [-0.2, 0) is 5.41 Å². The highest BCUT2D eigenvalue weighted by Crippen LogP contribution is 2.37. The lowest BCUT2D eigenvalue weighted by atomic mass is 9.87. The van der Waals surface area contributed by atoms with Crippen LogP contribution in [0.5, 0.6) is 0 Å². The summed E-state index contributed by atoms with van der Waals surface area (Å²) < 4.78 is 0. The third kappa shape index (κ3) is 4.23. The van der Waals surface area contributed by atoms with Crippen LogP contribution >= 0.6 is 0 Å². The standard InChI is InChI=1S/C28H28N2/c1-28(2,3)23-19-21-27(22-20-23)30(26-17-11-6-12-18-26)29(24-13-7-4-8-14-24)25-15-9-5-10-16-25/h4-22H,1-3H3. The molecule has 0 saturated carbocycles. The van der Waals surface area contributed by atoms with Crippen molar-refractivity contribution in [2.24, 2.45) is 0 Å². The van der Waals surface area contributed by atoms with Crippen molar-refractivity contribution in [2.75, 3.05) is 10.0 Å². The molecule has 30 heavy (non-hydrogen) atoms. The molecule has 0 atom stereocenters. The Labute approximate surface area is 180 Å². The Balaban J connectivity index is 1.89. The quantitative estimate of drug-likeness (QED) is 0.319. The molecule has 4 aromatic rings. The minimum atomic E-state index is 0.120. The molecule has 4 rings (SSSR count). The number of hydrogen-bond donors (Lipinski definition) is 0. The summed E-state index contributed by atoms with van der Waals surface area (Å²) >= 11 is 0. The molecule has 2 heteroatoms. The second-order valence-electron chi connectivity index (χ2n) is 8.43. The molecule has 0 aliphatic rings. The van der Waals surface area contributed by atoms with Gasteiger partial charge in [-0.25, -0.2) is 10.0 Å². The largest absolute Gasteiger partial charge is 0.249 e. The van der Waals surface area contributed by atoms with Crippen molar-refractivity contribution in [1.29, 1.82) is 0 Å². The van der Waals surface area contributed by atoms with Gasteiger partial charge in [-0.2, -0.15) is 0 Å². The van der Waals surface area contributed by atoms with Crippen molar-refractivity contribution >= 4 is 22.7 Å². The van der Waals surface area contributed by atoms with E-state index in [1.165, 1.54) is 5.56 Å². The maximum atomic E-state index is 2.27. The van der Waals surface area contributed by atoms with Crippen molar-refractivity contribution in [3.63, 3.8) is 0 Å². The van der Waals surface area contributed by atoms with Crippen LogP contribution in [0, 0.1) is 0 Å². The smallest absolute Gasteiger partial charge is 0.0637 e. The summed E-state index contributed by atoms with van der Waals surface area (Å²) in [5, 5.41) is 4.54. The lowest BCUT2D eigenvalue weighted by molar-refractivity contribution is 0.590. The van der Waals surface area contributed by atoms with Gasteiger partial charge in [-0.1, -0.05) is 87.5 Å². The molecule has 0 aromatic heterocycles. The number of para-hydroxylation sites is 3. The van der Waals surface area contributed by atoms with Crippen molar-refractivity contribution < 1.29 is 0 Å². The molecular weight excluding hydrogens is 364 g/mol. The number of hydrogen-bond acceptors (Lipinski definition) is 2. The Bertz CT molecular complexity index is 1010. The van der Waals surface area contributed by atoms with Gasteiger partial charge in [0.05, 0.1) is 22.7 Å². The molecule has 2 nitrogen and oxygen atoms in total. The summed E-state index contributed by atoms with van der Waals surface area (Å²) in [7, 11) is 0. The van der Waals surface area contributed by atoms with Crippen LogP contribution in [-0.4, -0.2) is 0 Å². The van der Waals surface area contributed by atoms with Gasteiger partial charge in [0, 0.05) is 0 Å². The molecule has 0 bridgehead atoms. The van der Waals surface area contributed by atoms with E-state index >= 15 is 0 Å². The first-order chi connectivity index (χ1) is 14.5. The summed E-state index contributed by atoms with van der Waals surface area (Å²) in [4.78, 5) is 0. The normalized spacial score (nSPS) is 11.2. The van der Waals surface area contributed by atoms with Gasteiger partial charge >= 0.3 is 0 Å². The lowest BCUT2D eigenvalue weighted by Crippen LogP contribution is -2.35. The van der Waals surface area contributed by atoms with E-state index in [1.54, 1.807) is 0 Å². The van der Waals surface area contributed by atoms with Crippen LogP contribution in [0.25, 0.3) is 0 Å². The van der Waals surface area contributed by atoms with Crippen LogP contribution in [0.4, 0.5) is 22.7 Å². The molecule has 150 valence electrons. The van der Waals surface area contributed by atoms with E-state index in [9.17, 15) is 0 Å². The van der Waals surface area contributed by atoms with Crippen LogP contribution in [0.15, 0.2) is 115 Å². The first-order valence-electron chi connectivity index (χ1n) is 10.4. The van der Waals surface area contributed by atoms with E-state index in [0.717, 1.165) is 22.7 Å². The van der Waals surface area contributed by atoms with Crippen LogP contribution < -0.4 is 10.0 Å².